The summed E-state index contributed by atoms with van der Waals surface area (Å²) in [5.41, 5.74) is 0. The second-order valence-electron chi connectivity index (χ2n) is 6.99. The molecule has 0 radical (unpaired) electrons. The molecule has 2 bridgehead atoms. The zero-order valence-corrected chi connectivity index (χ0v) is 12.6. The smallest absolute Gasteiger partial charge is 0.225 e. The third kappa shape index (κ3) is 2.65. The van der Waals surface area contributed by atoms with Crippen LogP contribution in [-0.4, -0.2) is 36.1 Å². The van der Waals surface area contributed by atoms with Gasteiger partial charge in [-0.3, -0.25) is 4.79 Å². The van der Waals surface area contributed by atoms with Crippen LogP contribution in [0.3, 0.4) is 0 Å². The Balaban J connectivity index is 1.53. The van der Waals surface area contributed by atoms with Gasteiger partial charge < -0.3 is 9.64 Å². The first-order valence-electron chi connectivity index (χ1n) is 8.22. The molecule has 0 aromatic rings. The van der Waals surface area contributed by atoms with Gasteiger partial charge in [0, 0.05) is 24.4 Å². The first kappa shape index (κ1) is 14.1. The molecule has 2 aliphatic carbocycles. The van der Waals surface area contributed by atoms with E-state index in [1.54, 1.807) is 0 Å². The van der Waals surface area contributed by atoms with Crippen molar-refractivity contribution in [1.29, 1.82) is 0 Å². The summed E-state index contributed by atoms with van der Waals surface area (Å²) in [5, 5.41) is 0. The van der Waals surface area contributed by atoms with Gasteiger partial charge in [0.05, 0.1) is 12.7 Å². The molecule has 2 saturated carbocycles. The molecule has 3 aliphatic rings. The largest absolute Gasteiger partial charge is 0.374 e. The number of hydrogen-bond acceptors (Lipinski definition) is 2. The molecule has 3 heteroatoms. The number of ether oxygens (including phenoxy) is 1. The van der Waals surface area contributed by atoms with Crippen LogP contribution >= 0.6 is 0 Å². The molecule has 3 unspecified atom stereocenters. The van der Waals surface area contributed by atoms with E-state index in [1.165, 1.54) is 12.8 Å². The summed E-state index contributed by atoms with van der Waals surface area (Å²) in [7, 11) is 0. The number of nitrogens with zero attached hydrogens (tertiary/aromatic N) is 1. The van der Waals surface area contributed by atoms with Crippen molar-refractivity contribution in [2.24, 2.45) is 17.8 Å². The summed E-state index contributed by atoms with van der Waals surface area (Å²) >= 11 is 0. The summed E-state index contributed by atoms with van der Waals surface area (Å²) in [4.78, 5) is 14.9. The number of hydrogen-bond donors (Lipinski definition) is 0. The molecular formula is C17H27NO2. The number of piperidine rings is 1. The number of rotatable bonds is 4. The maximum absolute atomic E-state index is 12.7. The highest BCUT2D eigenvalue weighted by atomic mass is 16.5. The van der Waals surface area contributed by atoms with Crippen LogP contribution in [0.15, 0.2) is 12.7 Å². The van der Waals surface area contributed by atoms with E-state index in [1.807, 2.05) is 6.08 Å². The van der Waals surface area contributed by atoms with Crippen molar-refractivity contribution in [2.45, 2.75) is 57.6 Å². The van der Waals surface area contributed by atoms with Gasteiger partial charge in [-0.05, 0) is 44.4 Å². The van der Waals surface area contributed by atoms with Crippen molar-refractivity contribution in [2.75, 3.05) is 13.2 Å². The Morgan fingerprint density at radius 3 is 2.65 bits per heavy atom. The van der Waals surface area contributed by atoms with Gasteiger partial charge in [-0.25, -0.2) is 0 Å². The Hall–Kier alpha value is -0.830. The second-order valence-corrected chi connectivity index (χ2v) is 6.99. The van der Waals surface area contributed by atoms with E-state index in [0.717, 1.165) is 38.1 Å². The number of likely N-dealkylation sites (tertiary alicyclic amines) is 1. The molecule has 1 aliphatic heterocycles. The van der Waals surface area contributed by atoms with Crippen LogP contribution in [-0.2, 0) is 9.53 Å². The highest BCUT2D eigenvalue weighted by Crippen LogP contribution is 2.41. The van der Waals surface area contributed by atoms with Gasteiger partial charge in [-0.1, -0.05) is 13.0 Å². The van der Waals surface area contributed by atoms with Gasteiger partial charge in [0.1, 0.15) is 0 Å². The zero-order chi connectivity index (χ0) is 14.1. The lowest BCUT2D eigenvalue weighted by Gasteiger charge is -2.35. The quantitative estimate of drug-likeness (QED) is 0.739. The van der Waals surface area contributed by atoms with Crippen LogP contribution in [0.25, 0.3) is 0 Å². The van der Waals surface area contributed by atoms with Crippen molar-refractivity contribution in [1.82, 2.24) is 4.90 Å². The maximum Gasteiger partial charge on any atom is 0.225 e. The van der Waals surface area contributed by atoms with Gasteiger partial charge in [0.25, 0.3) is 0 Å². The molecule has 3 rings (SSSR count). The molecule has 20 heavy (non-hydrogen) atoms. The zero-order valence-electron chi connectivity index (χ0n) is 12.6. The average Bonchev–Trinajstić information content (AvgIpc) is 3.05. The lowest BCUT2D eigenvalue weighted by atomic mass is 9.82. The molecule has 0 N–H and O–H groups in total. The van der Waals surface area contributed by atoms with Gasteiger partial charge in [-0.2, -0.15) is 0 Å². The first-order chi connectivity index (χ1) is 9.69. The molecular weight excluding hydrogens is 250 g/mol. The topological polar surface area (TPSA) is 29.5 Å². The Kier molecular flexibility index (Phi) is 4.16. The van der Waals surface area contributed by atoms with E-state index in [9.17, 15) is 4.79 Å². The number of carbonyl (C=O) groups excluding carboxylic acids is 1. The minimum atomic E-state index is 0.304. The fourth-order valence-corrected chi connectivity index (χ4v) is 4.31. The van der Waals surface area contributed by atoms with Crippen molar-refractivity contribution in [3.8, 4) is 0 Å². The van der Waals surface area contributed by atoms with Crippen LogP contribution in [0, 0.1) is 17.8 Å². The van der Waals surface area contributed by atoms with Crippen LogP contribution < -0.4 is 0 Å². The van der Waals surface area contributed by atoms with Gasteiger partial charge in [0.2, 0.25) is 5.91 Å². The van der Waals surface area contributed by atoms with E-state index >= 15 is 0 Å². The second kappa shape index (κ2) is 5.88. The Morgan fingerprint density at radius 2 is 2.05 bits per heavy atom. The van der Waals surface area contributed by atoms with Crippen LogP contribution in [0.4, 0.5) is 0 Å². The van der Waals surface area contributed by atoms with E-state index in [-0.39, 0.29) is 0 Å². The predicted molar refractivity (Wildman–Crippen MR) is 79.3 cm³/mol. The van der Waals surface area contributed by atoms with Gasteiger partial charge >= 0.3 is 0 Å². The maximum atomic E-state index is 12.7. The van der Waals surface area contributed by atoms with E-state index in [0.29, 0.717) is 36.5 Å². The van der Waals surface area contributed by atoms with Crippen molar-refractivity contribution >= 4 is 5.91 Å². The number of carbonyl (C=O) groups is 1. The highest BCUT2D eigenvalue weighted by molar-refractivity contribution is 5.79. The molecule has 1 amide bonds. The van der Waals surface area contributed by atoms with Crippen LogP contribution in [0.1, 0.15) is 45.4 Å². The lowest BCUT2D eigenvalue weighted by Crippen LogP contribution is -2.45. The SMILES string of the molecule is C=CCOC1CC2CC1CN2C(=O)C1CCC(C)CC1. The Labute approximate surface area is 122 Å². The highest BCUT2D eigenvalue weighted by Gasteiger charge is 2.48. The minimum Gasteiger partial charge on any atom is -0.374 e. The average molecular weight is 277 g/mol. The predicted octanol–water partition coefficient (Wildman–Crippen LogP) is 3.00. The van der Waals surface area contributed by atoms with Gasteiger partial charge in [0.15, 0.2) is 0 Å². The molecule has 0 spiro atoms. The summed E-state index contributed by atoms with van der Waals surface area (Å²) in [6.07, 6.45) is 9.01. The molecule has 0 aromatic heterocycles. The summed E-state index contributed by atoms with van der Waals surface area (Å²) in [6, 6.07) is 0.446. The molecule has 3 fully saturated rings. The van der Waals surface area contributed by atoms with Gasteiger partial charge in [-0.15, -0.1) is 6.58 Å². The third-order valence-corrected chi connectivity index (χ3v) is 5.55. The normalized spacial score (nSPS) is 40.0. The fraction of sp³-hybridized carbons (Fsp3) is 0.824. The summed E-state index contributed by atoms with van der Waals surface area (Å²) < 4.78 is 5.82. The number of amides is 1. The molecule has 3 nitrogen and oxygen atoms in total. The molecule has 0 aromatic carbocycles. The first-order valence-corrected chi connectivity index (χ1v) is 8.22. The molecule has 1 saturated heterocycles. The van der Waals surface area contributed by atoms with Crippen molar-refractivity contribution < 1.29 is 9.53 Å². The third-order valence-electron chi connectivity index (χ3n) is 5.55. The van der Waals surface area contributed by atoms with Crippen LogP contribution in [0.5, 0.6) is 0 Å². The monoisotopic (exact) mass is 277 g/mol. The van der Waals surface area contributed by atoms with E-state index in [4.69, 9.17) is 4.74 Å². The number of fused-ring (bicyclic) bond motifs is 2. The van der Waals surface area contributed by atoms with Crippen molar-refractivity contribution in [3.05, 3.63) is 12.7 Å². The standard InChI is InChI=1S/C17H27NO2/c1-3-8-20-16-10-15-9-14(16)11-18(15)17(19)13-6-4-12(2)5-7-13/h3,12-16H,1,4-11H2,2H3. The Bertz CT molecular complexity index is 373. The lowest BCUT2D eigenvalue weighted by molar-refractivity contribution is -0.140. The summed E-state index contributed by atoms with van der Waals surface area (Å²) in [6.45, 7) is 7.58. The Morgan fingerprint density at radius 1 is 1.30 bits per heavy atom. The van der Waals surface area contributed by atoms with Crippen molar-refractivity contribution in [3.63, 3.8) is 0 Å². The van der Waals surface area contributed by atoms with Crippen LogP contribution in [0.2, 0.25) is 0 Å². The van der Waals surface area contributed by atoms with E-state index in [2.05, 4.69) is 18.4 Å². The molecule has 3 atom stereocenters. The minimum absolute atomic E-state index is 0.304. The fourth-order valence-electron chi connectivity index (χ4n) is 4.31. The molecule has 1 heterocycles. The summed E-state index contributed by atoms with van der Waals surface area (Å²) in [5.74, 6) is 2.11. The molecule has 112 valence electrons. The van der Waals surface area contributed by atoms with E-state index < -0.39 is 0 Å².